The average Bonchev–Trinajstić information content (AvgIpc) is 3.18. The van der Waals surface area contributed by atoms with E-state index in [4.69, 9.17) is 4.74 Å². The van der Waals surface area contributed by atoms with Gasteiger partial charge in [-0.3, -0.25) is 4.79 Å². The molecule has 0 radical (unpaired) electrons. The molecule has 144 valence electrons. The van der Waals surface area contributed by atoms with Crippen LogP contribution < -0.4 is 0 Å². The number of benzene rings is 2. The summed E-state index contributed by atoms with van der Waals surface area (Å²) >= 11 is 0. The summed E-state index contributed by atoms with van der Waals surface area (Å²) in [6.07, 6.45) is 1.42. The monoisotopic (exact) mass is 379 g/mol. The fourth-order valence-corrected chi connectivity index (χ4v) is 3.42. The van der Waals surface area contributed by atoms with E-state index in [1.165, 1.54) is 10.7 Å². The van der Waals surface area contributed by atoms with E-state index in [0.717, 1.165) is 5.56 Å². The number of aromatic nitrogens is 2. The van der Waals surface area contributed by atoms with Crippen LogP contribution in [0.1, 0.15) is 36.0 Å². The van der Waals surface area contributed by atoms with Crippen LogP contribution in [0.3, 0.4) is 0 Å². The number of para-hydroxylation sites is 1. The van der Waals surface area contributed by atoms with Gasteiger partial charge >= 0.3 is 0 Å². The molecule has 3 aromatic rings. The van der Waals surface area contributed by atoms with Gasteiger partial charge < -0.3 is 9.64 Å². The lowest BCUT2D eigenvalue weighted by molar-refractivity contribution is -0.0848. The second kappa shape index (κ2) is 7.20. The van der Waals surface area contributed by atoms with Gasteiger partial charge in [0, 0.05) is 6.20 Å². The first-order valence-electron chi connectivity index (χ1n) is 9.25. The molecule has 0 spiro atoms. The third-order valence-electron chi connectivity index (χ3n) is 5.04. The summed E-state index contributed by atoms with van der Waals surface area (Å²) < 4.78 is 21.4. The number of morpholine rings is 1. The van der Waals surface area contributed by atoms with Crippen molar-refractivity contribution in [1.29, 1.82) is 0 Å². The first kappa shape index (κ1) is 18.4. The van der Waals surface area contributed by atoms with Gasteiger partial charge in [-0.05, 0) is 37.6 Å². The first-order chi connectivity index (χ1) is 13.5. The Labute approximate surface area is 163 Å². The molecule has 1 atom stereocenters. The van der Waals surface area contributed by atoms with Crippen LogP contribution in [0.5, 0.6) is 0 Å². The molecule has 0 bridgehead atoms. The minimum atomic E-state index is -0.468. The smallest absolute Gasteiger partial charge is 0.274 e. The molecule has 5 nitrogen and oxygen atoms in total. The fourth-order valence-electron chi connectivity index (χ4n) is 3.42. The molecule has 1 unspecified atom stereocenters. The molecule has 0 N–H and O–H groups in total. The third-order valence-corrected chi connectivity index (χ3v) is 5.04. The maximum atomic E-state index is 14.0. The highest BCUT2D eigenvalue weighted by Crippen LogP contribution is 2.31. The second-order valence-corrected chi connectivity index (χ2v) is 7.54. The van der Waals surface area contributed by atoms with Crippen LogP contribution in [0.2, 0.25) is 0 Å². The standard InChI is InChI=1S/C22H22FN3O2/c1-22(2)15-28-20(16-8-4-3-5-9-16)14-25(22)21(27)18-12-13-26(24-18)19-11-7-6-10-17(19)23/h3-13,20H,14-15H2,1-2H3. The zero-order chi connectivity index (χ0) is 19.7. The molecule has 2 aromatic carbocycles. The van der Waals surface area contributed by atoms with E-state index in [1.54, 1.807) is 35.4 Å². The zero-order valence-electron chi connectivity index (χ0n) is 15.9. The quantitative estimate of drug-likeness (QED) is 0.691. The molecule has 1 aliphatic heterocycles. The van der Waals surface area contributed by atoms with Crippen LogP contribution in [0.15, 0.2) is 66.9 Å². The third kappa shape index (κ3) is 3.43. The van der Waals surface area contributed by atoms with Gasteiger partial charge in [0.2, 0.25) is 0 Å². The molecule has 1 amide bonds. The van der Waals surface area contributed by atoms with E-state index in [0.29, 0.717) is 18.8 Å². The van der Waals surface area contributed by atoms with Crippen LogP contribution in [-0.4, -0.2) is 39.3 Å². The molecule has 0 saturated carbocycles. The van der Waals surface area contributed by atoms with Crippen molar-refractivity contribution in [2.75, 3.05) is 13.2 Å². The van der Waals surface area contributed by atoms with Crippen molar-refractivity contribution in [2.45, 2.75) is 25.5 Å². The first-order valence-corrected chi connectivity index (χ1v) is 9.25. The van der Waals surface area contributed by atoms with Crippen molar-refractivity contribution >= 4 is 5.91 Å². The van der Waals surface area contributed by atoms with Crippen LogP contribution in [0, 0.1) is 5.82 Å². The molecule has 28 heavy (non-hydrogen) atoms. The largest absolute Gasteiger partial charge is 0.369 e. The highest BCUT2D eigenvalue weighted by atomic mass is 19.1. The summed E-state index contributed by atoms with van der Waals surface area (Å²) in [5, 5.41) is 4.32. The van der Waals surface area contributed by atoms with Crippen molar-refractivity contribution in [1.82, 2.24) is 14.7 Å². The Kier molecular flexibility index (Phi) is 4.73. The van der Waals surface area contributed by atoms with Crippen LogP contribution >= 0.6 is 0 Å². The average molecular weight is 379 g/mol. The van der Waals surface area contributed by atoms with Gasteiger partial charge in [0.1, 0.15) is 17.6 Å². The van der Waals surface area contributed by atoms with E-state index in [1.807, 2.05) is 44.2 Å². The number of ether oxygens (including phenoxy) is 1. The molecule has 1 aromatic heterocycles. The number of nitrogens with zero attached hydrogens (tertiary/aromatic N) is 3. The molecule has 0 aliphatic carbocycles. The predicted octanol–water partition coefficient (Wildman–Crippen LogP) is 4.00. The Morgan fingerprint density at radius 3 is 2.57 bits per heavy atom. The normalized spacial score (nSPS) is 18.8. The summed E-state index contributed by atoms with van der Waals surface area (Å²) in [7, 11) is 0. The number of hydrogen-bond donors (Lipinski definition) is 0. The number of rotatable bonds is 3. The summed E-state index contributed by atoms with van der Waals surface area (Å²) in [6.45, 7) is 4.80. The molecule has 2 heterocycles. The van der Waals surface area contributed by atoms with E-state index < -0.39 is 5.54 Å². The van der Waals surface area contributed by atoms with Crippen molar-refractivity contribution < 1.29 is 13.9 Å². The van der Waals surface area contributed by atoms with Crippen molar-refractivity contribution in [3.8, 4) is 5.69 Å². The second-order valence-electron chi connectivity index (χ2n) is 7.54. The summed E-state index contributed by atoms with van der Waals surface area (Å²) in [4.78, 5) is 15.0. The van der Waals surface area contributed by atoms with Gasteiger partial charge in [0.15, 0.2) is 5.69 Å². The number of carbonyl (C=O) groups excluding carboxylic acids is 1. The Morgan fingerprint density at radius 2 is 1.82 bits per heavy atom. The number of halogens is 1. The van der Waals surface area contributed by atoms with E-state index in [-0.39, 0.29) is 23.5 Å². The van der Waals surface area contributed by atoms with Gasteiger partial charge in [-0.15, -0.1) is 0 Å². The Bertz CT molecular complexity index is 984. The van der Waals surface area contributed by atoms with Gasteiger partial charge in [0.05, 0.1) is 18.7 Å². The van der Waals surface area contributed by atoms with E-state index >= 15 is 0 Å². The van der Waals surface area contributed by atoms with Crippen LogP contribution in [-0.2, 0) is 4.74 Å². The lowest BCUT2D eigenvalue weighted by Gasteiger charge is -2.45. The zero-order valence-corrected chi connectivity index (χ0v) is 15.9. The van der Waals surface area contributed by atoms with Gasteiger partial charge in [0.25, 0.3) is 5.91 Å². The molecular formula is C22H22FN3O2. The van der Waals surface area contributed by atoms with E-state index in [9.17, 15) is 9.18 Å². The number of hydrogen-bond acceptors (Lipinski definition) is 3. The predicted molar refractivity (Wildman–Crippen MR) is 104 cm³/mol. The lowest BCUT2D eigenvalue weighted by atomic mass is 9.97. The Morgan fingerprint density at radius 1 is 1.11 bits per heavy atom. The fraction of sp³-hybridized carbons (Fsp3) is 0.273. The number of carbonyl (C=O) groups is 1. The minimum Gasteiger partial charge on any atom is -0.369 e. The van der Waals surface area contributed by atoms with Crippen LogP contribution in [0.4, 0.5) is 4.39 Å². The SMILES string of the molecule is CC1(C)COC(c2ccccc2)CN1C(=O)c1ccn(-c2ccccc2F)n1. The number of amides is 1. The topological polar surface area (TPSA) is 47.4 Å². The van der Waals surface area contributed by atoms with Gasteiger partial charge in [-0.2, -0.15) is 5.10 Å². The maximum absolute atomic E-state index is 14.0. The van der Waals surface area contributed by atoms with Crippen molar-refractivity contribution in [3.63, 3.8) is 0 Å². The summed E-state index contributed by atoms with van der Waals surface area (Å²) in [6, 6.07) is 17.8. The van der Waals surface area contributed by atoms with Crippen LogP contribution in [0.25, 0.3) is 5.69 Å². The molecule has 1 fully saturated rings. The minimum absolute atomic E-state index is 0.188. The summed E-state index contributed by atoms with van der Waals surface area (Å²) in [5.74, 6) is -0.579. The van der Waals surface area contributed by atoms with Crippen molar-refractivity contribution in [2.24, 2.45) is 0 Å². The van der Waals surface area contributed by atoms with E-state index in [2.05, 4.69) is 5.10 Å². The molecule has 4 rings (SSSR count). The molecule has 1 aliphatic rings. The lowest BCUT2D eigenvalue weighted by Crippen LogP contribution is -2.56. The van der Waals surface area contributed by atoms with Gasteiger partial charge in [-0.25, -0.2) is 9.07 Å². The Hall–Kier alpha value is -2.99. The molecule has 1 saturated heterocycles. The highest BCUT2D eigenvalue weighted by Gasteiger charge is 2.39. The molecule has 6 heteroatoms. The maximum Gasteiger partial charge on any atom is 0.274 e. The highest BCUT2D eigenvalue weighted by molar-refractivity contribution is 5.93. The molecular weight excluding hydrogens is 357 g/mol. The van der Waals surface area contributed by atoms with Gasteiger partial charge in [-0.1, -0.05) is 42.5 Å². The Balaban J connectivity index is 1.60. The van der Waals surface area contributed by atoms with Crippen molar-refractivity contribution in [3.05, 3.63) is 83.9 Å². The summed E-state index contributed by atoms with van der Waals surface area (Å²) in [5.41, 5.74) is 1.16.